The van der Waals surface area contributed by atoms with Crippen LogP contribution in [0.1, 0.15) is 33.1 Å². The first-order valence-corrected chi connectivity index (χ1v) is 4.81. The van der Waals surface area contributed by atoms with Crippen molar-refractivity contribution in [3.63, 3.8) is 0 Å². The SMILES string of the molecule is COC12C=C(C)C(C)(CC1)CC2=O. The highest BCUT2D eigenvalue weighted by molar-refractivity contribution is 5.93. The summed E-state index contributed by atoms with van der Waals surface area (Å²) < 4.78 is 5.37. The highest BCUT2D eigenvalue weighted by atomic mass is 16.5. The normalized spacial score (nSPS) is 43.6. The van der Waals surface area contributed by atoms with E-state index in [0.29, 0.717) is 6.42 Å². The molecule has 3 aliphatic rings. The van der Waals surface area contributed by atoms with Crippen molar-refractivity contribution < 1.29 is 9.53 Å². The number of carbonyl (C=O) groups excluding carboxylic acids is 1. The van der Waals surface area contributed by atoms with Gasteiger partial charge in [-0.2, -0.15) is 0 Å². The van der Waals surface area contributed by atoms with Crippen LogP contribution in [-0.4, -0.2) is 18.5 Å². The Morgan fingerprint density at radius 1 is 1.46 bits per heavy atom. The molecule has 3 rings (SSSR count). The average Bonchev–Trinajstić information content (AvgIpc) is 2.09. The molecule has 0 aromatic heterocycles. The lowest BCUT2D eigenvalue weighted by Gasteiger charge is -2.48. The van der Waals surface area contributed by atoms with Crippen molar-refractivity contribution in [1.82, 2.24) is 0 Å². The first kappa shape index (κ1) is 8.95. The second-order valence-corrected chi connectivity index (χ2v) is 4.58. The molecule has 2 unspecified atom stereocenters. The maximum absolute atomic E-state index is 11.8. The Morgan fingerprint density at radius 3 is 2.62 bits per heavy atom. The van der Waals surface area contributed by atoms with Gasteiger partial charge in [0.25, 0.3) is 0 Å². The Morgan fingerprint density at radius 2 is 2.15 bits per heavy atom. The Kier molecular flexibility index (Phi) is 1.68. The third-order valence-electron chi connectivity index (χ3n) is 3.84. The molecule has 0 amide bonds. The van der Waals surface area contributed by atoms with Gasteiger partial charge >= 0.3 is 0 Å². The lowest BCUT2D eigenvalue weighted by atomic mass is 9.60. The largest absolute Gasteiger partial charge is 0.366 e. The standard InChI is InChI=1S/C11H16O2/c1-8-6-11(13-3)5-4-10(8,2)7-9(11)12/h6H,4-5,7H2,1-3H3. The molecule has 2 nitrogen and oxygen atoms in total. The maximum atomic E-state index is 11.8. The summed E-state index contributed by atoms with van der Waals surface area (Å²) in [6, 6.07) is 0. The van der Waals surface area contributed by atoms with Crippen molar-refractivity contribution in [3.05, 3.63) is 11.6 Å². The van der Waals surface area contributed by atoms with E-state index in [2.05, 4.69) is 13.8 Å². The zero-order chi connectivity index (χ0) is 9.69. The molecule has 0 saturated heterocycles. The second-order valence-electron chi connectivity index (χ2n) is 4.58. The number of fused-ring (bicyclic) bond motifs is 2. The molecule has 0 aliphatic heterocycles. The summed E-state index contributed by atoms with van der Waals surface area (Å²) in [6.45, 7) is 4.29. The molecule has 3 aliphatic carbocycles. The summed E-state index contributed by atoms with van der Waals surface area (Å²) in [4.78, 5) is 11.8. The van der Waals surface area contributed by atoms with Crippen LogP contribution in [0.4, 0.5) is 0 Å². The third-order valence-corrected chi connectivity index (χ3v) is 3.84. The number of allylic oxidation sites excluding steroid dienone is 1. The molecule has 0 radical (unpaired) electrons. The van der Waals surface area contributed by atoms with E-state index in [1.54, 1.807) is 7.11 Å². The number of hydrogen-bond acceptors (Lipinski definition) is 2. The number of Topliss-reactive ketones (excluding diaryl/α,β-unsaturated/α-hetero) is 1. The van der Waals surface area contributed by atoms with E-state index in [0.717, 1.165) is 12.8 Å². The summed E-state index contributed by atoms with van der Waals surface area (Å²) >= 11 is 0. The highest BCUT2D eigenvalue weighted by Gasteiger charge is 2.51. The second kappa shape index (κ2) is 2.44. The Hall–Kier alpha value is -0.630. The van der Waals surface area contributed by atoms with Gasteiger partial charge in [-0.3, -0.25) is 4.79 Å². The van der Waals surface area contributed by atoms with Crippen LogP contribution in [0.15, 0.2) is 11.6 Å². The Balaban J connectivity index is 2.49. The first-order chi connectivity index (χ1) is 6.02. The van der Waals surface area contributed by atoms with E-state index in [1.165, 1.54) is 5.57 Å². The number of ketones is 1. The zero-order valence-electron chi connectivity index (χ0n) is 8.52. The molecule has 0 aromatic rings. The summed E-state index contributed by atoms with van der Waals surface area (Å²) in [5, 5.41) is 0. The predicted octanol–water partition coefficient (Wildman–Crippen LogP) is 2.09. The number of ether oxygens (including phenoxy) is 1. The number of carbonyl (C=O) groups is 1. The summed E-state index contributed by atoms with van der Waals surface area (Å²) in [5.74, 6) is 0.259. The van der Waals surface area contributed by atoms with E-state index in [1.807, 2.05) is 6.08 Å². The fraction of sp³-hybridized carbons (Fsp3) is 0.727. The molecule has 0 heterocycles. The topological polar surface area (TPSA) is 26.3 Å². The van der Waals surface area contributed by atoms with Gasteiger partial charge in [0.05, 0.1) is 0 Å². The van der Waals surface area contributed by atoms with E-state index in [-0.39, 0.29) is 11.2 Å². The van der Waals surface area contributed by atoms with Gasteiger partial charge in [-0.25, -0.2) is 0 Å². The first-order valence-electron chi connectivity index (χ1n) is 4.81. The van der Waals surface area contributed by atoms with E-state index < -0.39 is 5.60 Å². The van der Waals surface area contributed by atoms with Crippen LogP contribution >= 0.6 is 0 Å². The van der Waals surface area contributed by atoms with Crippen molar-refractivity contribution in [2.75, 3.05) is 7.11 Å². The fourth-order valence-corrected chi connectivity index (χ4v) is 2.48. The lowest BCUT2D eigenvalue weighted by Crippen LogP contribution is -2.51. The molecule has 1 saturated carbocycles. The van der Waals surface area contributed by atoms with Gasteiger partial charge in [0.2, 0.25) is 0 Å². The number of rotatable bonds is 1. The molecule has 2 bridgehead atoms. The van der Waals surface area contributed by atoms with Gasteiger partial charge in [-0.1, -0.05) is 12.5 Å². The van der Waals surface area contributed by atoms with Crippen LogP contribution in [0, 0.1) is 5.41 Å². The summed E-state index contributed by atoms with van der Waals surface area (Å²) in [7, 11) is 1.63. The van der Waals surface area contributed by atoms with E-state index in [9.17, 15) is 4.79 Å². The minimum atomic E-state index is -0.568. The molecule has 0 spiro atoms. The van der Waals surface area contributed by atoms with Gasteiger partial charge in [0.1, 0.15) is 5.60 Å². The summed E-state index contributed by atoms with van der Waals surface area (Å²) in [5.41, 5.74) is 0.874. The molecule has 0 aromatic carbocycles. The Bertz CT molecular complexity index is 292. The third kappa shape index (κ3) is 1.01. The van der Waals surface area contributed by atoms with Crippen molar-refractivity contribution in [1.29, 1.82) is 0 Å². The predicted molar refractivity (Wildman–Crippen MR) is 50.5 cm³/mol. The monoisotopic (exact) mass is 180 g/mol. The maximum Gasteiger partial charge on any atom is 0.169 e. The molecule has 13 heavy (non-hydrogen) atoms. The van der Waals surface area contributed by atoms with Crippen LogP contribution in [0.25, 0.3) is 0 Å². The minimum Gasteiger partial charge on any atom is -0.366 e. The quantitative estimate of drug-likeness (QED) is 0.577. The van der Waals surface area contributed by atoms with Crippen molar-refractivity contribution >= 4 is 5.78 Å². The number of methoxy groups -OCH3 is 1. The van der Waals surface area contributed by atoms with Gasteiger partial charge in [0.15, 0.2) is 5.78 Å². The molecule has 2 atom stereocenters. The number of hydrogen-bond donors (Lipinski definition) is 0. The average molecular weight is 180 g/mol. The molecule has 0 N–H and O–H groups in total. The van der Waals surface area contributed by atoms with Crippen molar-refractivity contribution in [2.45, 2.75) is 38.7 Å². The van der Waals surface area contributed by atoms with Gasteiger partial charge in [-0.05, 0) is 31.3 Å². The van der Waals surface area contributed by atoms with E-state index in [4.69, 9.17) is 4.74 Å². The van der Waals surface area contributed by atoms with Crippen molar-refractivity contribution in [3.8, 4) is 0 Å². The zero-order valence-corrected chi connectivity index (χ0v) is 8.52. The van der Waals surface area contributed by atoms with Crippen molar-refractivity contribution in [2.24, 2.45) is 5.41 Å². The minimum absolute atomic E-state index is 0.122. The molecular formula is C11H16O2. The van der Waals surface area contributed by atoms with Crippen LogP contribution in [-0.2, 0) is 9.53 Å². The highest BCUT2D eigenvalue weighted by Crippen LogP contribution is 2.50. The Labute approximate surface area is 79.0 Å². The molecule has 1 fully saturated rings. The van der Waals surface area contributed by atoms with Gasteiger partial charge < -0.3 is 4.74 Å². The smallest absolute Gasteiger partial charge is 0.169 e. The van der Waals surface area contributed by atoms with Crippen LogP contribution in [0.3, 0.4) is 0 Å². The van der Waals surface area contributed by atoms with Gasteiger partial charge in [0, 0.05) is 13.5 Å². The molecule has 72 valence electrons. The van der Waals surface area contributed by atoms with Crippen LogP contribution in [0.2, 0.25) is 0 Å². The van der Waals surface area contributed by atoms with Crippen LogP contribution in [0.5, 0.6) is 0 Å². The fourth-order valence-electron chi connectivity index (χ4n) is 2.48. The lowest BCUT2D eigenvalue weighted by molar-refractivity contribution is -0.145. The molecule has 2 heteroatoms. The molecular weight excluding hydrogens is 164 g/mol. The van der Waals surface area contributed by atoms with E-state index >= 15 is 0 Å². The van der Waals surface area contributed by atoms with Gasteiger partial charge in [-0.15, -0.1) is 0 Å². The summed E-state index contributed by atoms with van der Waals surface area (Å²) in [6.07, 6.45) is 4.62. The van der Waals surface area contributed by atoms with Crippen LogP contribution < -0.4 is 0 Å².